The Morgan fingerprint density at radius 3 is 2.96 bits per heavy atom. The lowest BCUT2D eigenvalue weighted by molar-refractivity contribution is -0.134. The van der Waals surface area contributed by atoms with Gasteiger partial charge in [-0.05, 0) is 56.5 Å². The second-order valence-corrected chi connectivity index (χ2v) is 7.35. The minimum absolute atomic E-state index is 0.0600. The van der Waals surface area contributed by atoms with Crippen molar-refractivity contribution in [1.29, 1.82) is 0 Å². The lowest BCUT2D eigenvalue weighted by atomic mass is 9.68. The molecule has 0 bridgehead atoms. The van der Waals surface area contributed by atoms with Crippen LogP contribution in [-0.4, -0.2) is 30.7 Å². The number of nitrogens with one attached hydrogen (secondary N) is 1. The molecular weight excluding hydrogens is 326 g/mol. The van der Waals surface area contributed by atoms with E-state index in [9.17, 15) is 4.79 Å². The quantitative estimate of drug-likeness (QED) is 0.829. The first-order valence-electron chi connectivity index (χ1n) is 9.54. The topological polar surface area (TPSA) is 69.3 Å². The number of para-hydroxylation sites is 1. The number of benzene rings is 1. The molecule has 2 aromatic rings. The highest BCUT2D eigenvalue weighted by Crippen LogP contribution is 2.52. The van der Waals surface area contributed by atoms with Gasteiger partial charge in [0.15, 0.2) is 0 Å². The maximum atomic E-state index is 12.7. The van der Waals surface area contributed by atoms with Crippen LogP contribution in [0, 0.1) is 5.41 Å². The van der Waals surface area contributed by atoms with Crippen molar-refractivity contribution in [2.75, 3.05) is 20.2 Å². The summed E-state index contributed by atoms with van der Waals surface area (Å²) in [6, 6.07) is 8.49. The molecule has 0 amide bonds. The highest BCUT2D eigenvalue weighted by molar-refractivity contribution is 6.13. The monoisotopic (exact) mass is 353 g/mol. The number of rotatable bonds is 4. The molecule has 2 aliphatic heterocycles. The van der Waals surface area contributed by atoms with Gasteiger partial charge in [0, 0.05) is 16.5 Å². The van der Waals surface area contributed by atoms with Gasteiger partial charge in [0.05, 0.1) is 18.7 Å². The van der Waals surface area contributed by atoms with Crippen LogP contribution in [0.2, 0.25) is 0 Å². The third-order valence-corrected chi connectivity index (χ3v) is 6.15. The van der Waals surface area contributed by atoms with E-state index < -0.39 is 0 Å². The first kappa shape index (κ1) is 17.3. The lowest BCUT2D eigenvalue weighted by Gasteiger charge is -2.46. The first-order chi connectivity index (χ1) is 12.7. The SMILES string of the molecule is CC[C@]12C=C(C(=O)OC)n3c(c(CCN)c4ccccc43)[C@H]1NCCC2. The van der Waals surface area contributed by atoms with Gasteiger partial charge in [0.1, 0.15) is 5.70 Å². The van der Waals surface area contributed by atoms with Crippen LogP contribution >= 0.6 is 0 Å². The van der Waals surface area contributed by atoms with Crippen molar-refractivity contribution in [1.82, 2.24) is 9.88 Å². The predicted octanol–water partition coefficient (Wildman–Crippen LogP) is 2.99. The summed E-state index contributed by atoms with van der Waals surface area (Å²) in [5, 5.41) is 4.93. The molecule has 5 nitrogen and oxygen atoms in total. The van der Waals surface area contributed by atoms with Crippen molar-refractivity contribution in [3.8, 4) is 0 Å². The lowest BCUT2D eigenvalue weighted by Crippen LogP contribution is -2.46. The van der Waals surface area contributed by atoms with Crippen molar-refractivity contribution in [3.05, 3.63) is 41.6 Å². The zero-order valence-electron chi connectivity index (χ0n) is 15.5. The molecule has 3 heterocycles. The first-order valence-corrected chi connectivity index (χ1v) is 9.54. The van der Waals surface area contributed by atoms with Gasteiger partial charge in [-0.15, -0.1) is 0 Å². The molecule has 26 heavy (non-hydrogen) atoms. The van der Waals surface area contributed by atoms with Gasteiger partial charge in [0.2, 0.25) is 0 Å². The molecule has 5 heteroatoms. The van der Waals surface area contributed by atoms with Crippen molar-refractivity contribution in [3.63, 3.8) is 0 Å². The summed E-state index contributed by atoms with van der Waals surface area (Å²) in [6.45, 7) is 3.80. The highest BCUT2D eigenvalue weighted by atomic mass is 16.5. The summed E-state index contributed by atoms with van der Waals surface area (Å²) in [5.41, 5.74) is 10.1. The van der Waals surface area contributed by atoms with Crippen molar-refractivity contribution in [2.24, 2.45) is 11.1 Å². The molecule has 0 unspecified atom stereocenters. The Morgan fingerprint density at radius 1 is 1.42 bits per heavy atom. The zero-order chi connectivity index (χ0) is 18.3. The number of methoxy groups -OCH3 is 1. The minimum atomic E-state index is -0.275. The number of piperidine rings is 1. The van der Waals surface area contributed by atoms with Gasteiger partial charge in [-0.3, -0.25) is 0 Å². The molecule has 0 saturated carbocycles. The van der Waals surface area contributed by atoms with E-state index in [0.717, 1.165) is 37.7 Å². The Labute approximate surface area is 154 Å². The van der Waals surface area contributed by atoms with E-state index in [2.05, 4.69) is 41.1 Å². The molecule has 4 rings (SSSR count). The summed E-state index contributed by atoms with van der Waals surface area (Å²) in [6.07, 6.45) is 6.14. The molecule has 0 aliphatic carbocycles. The van der Waals surface area contributed by atoms with E-state index in [1.807, 2.05) is 6.07 Å². The number of hydrogen-bond acceptors (Lipinski definition) is 4. The average Bonchev–Trinajstić information content (AvgIpc) is 3.02. The van der Waals surface area contributed by atoms with Gasteiger partial charge in [-0.25, -0.2) is 4.79 Å². The summed E-state index contributed by atoms with van der Waals surface area (Å²) in [5.74, 6) is -0.275. The molecule has 1 aromatic heterocycles. The number of fused-ring (bicyclic) bond motifs is 5. The third-order valence-electron chi connectivity index (χ3n) is 6.15. The molecule has 1 aromatic carbocycles. The van der Waals surface area contributed by atoms with Gasteiger partial charge >= 0.3 is 5.97 Å². The Morgan fingerprint density at radius 2 is 2.23 bits per heavy atom. The van der Waals surface area contributed by atoms with E-state index in [1.54, 1.807) is 0 Å². The van der Waals surface area contributed by atoms with Crippen LogP contribution < -0.4 is 11.1 Å². The van der Waals surface area contributed by atoms with Crippen LogP contribution in [-0.2, 0) is 16.0 Å². The summed E-state index contributed by atoms with van der Waals surface area (Å²) < 4.78 is 7.27. The molecule has 1 saturated heterocycles. The smallest absolute Gasteiger partial charge is 0.354 e. The fourth-order valence-corrected chi connectivity index (χ4v) is 4.91. The van der Waals surface area contributed by atoms with E-state index >= 15 is 0 Å². The summed E-state index contributed by atoms with van der Waals surface area (Å²) in [4.78, 5) is 12.7. The third kappa shape index (κ3) is 2.34. The van der Waals surface area contributed by atoms with Crippen LogP contribution in [0.4, 0.5) is 0 Å². The molecule has 2 aliphatic rings. The Kier molecular flexibility index (Phi) is 4.37. The van der Waals surface area contributed by atoms with Crippen LogP contribution in [0.15, 0.2) is 30.3 Å². The number of nitrogens with two attached hydrogens (primary N) is 1. The molecule has 0 radical (unpaired) electrons. The van der Waals surface area contributed by atoms with Gasteiger partial charge in [0.25, 0.3) is 0 Å². The van der Waals surface area contributed by atoms with Crippen molar-refractivity contribution in [2.45, 2.75) is 38.6 Å². The number of esters is 1. The summed E-state index contributed by atoms with van der Waals surface area (Å²) >= 11 is 0. The van der Waals surface area contributed by atoms with Crippen LogP contribution in [0.5, 0.6) is 0 Å². The minimum Gasteiger partial charge on any atom is -0.464 e. The van der Waals surface area contributed by atoms with Crippen molar-refractivity contribution >= 4 is 22.6 Å². The maximum absolute atomic E-state index is 12.7. The van der Waals surface area contributed by atoms with E-state index in [4.69, 9.17) is 10.5 Å². The standard InChI is InChI=1S/C21H27N3O2/c1-3-21-10-6-12-23-19(21)18-15(9-11-22)14-7-4-5-8-16(14)24(18)17(13-21)20(25)26-2/h4-5,7-8,13,19,23H,3,6,9-12,22H2,1-2H3/t19-,21+/m1/s1. The van der Waals surface area contributed by atoms with E-state index in [1.165, 1.54) is 23.8 Å². The van der Waals surface area contributed by atoms with Gasteiger partial charge < -0.3 is 20.4 Å². The largest absolute Gasteiger partial charge is 0.464 e. The van der Waals surface area contributed by atoms with Gasteiger partial charge in [-0.1, -0.05) is 25.1 Å². The number of hydrogen-bond donors (Lipinski definition) is 2. The van der Waals surface area contributed by atoms with Gasteiger partial charge in [-0.2, -0.15) is 0 Å². The maximum Gasteiger partial charge on any atom is 0.354 e. The number of aromatic nitrogens is 1. The average molecular weight is 353 g/mol. The highest BCUT2D eigenvalue weighted by Gasteiger charge is 2.46. The normalized spacial score (nSPS) is 24.7. The van der Waals surface area contributed by atoms with Crippen LogP contribution in [0.25, 0.3) is 16.6 Å². The van der Waals surface area contributed by atoms with Crippen LogP contribution in [0.3, 0.4) is 0 Å². The fourth-order valence-electron chi connectivity index (χ4n) is 4.91. The predicted molar refractivity (Wildman–Crippen MR) is 104 cm³/mol. The molecular formula is C21H27N3O2. The zero-order valence-corrected chi connectivity index (χ0v) is 15.5. The Balaban J connectivity index is 2.08. The van der Waals surface area contributed by atoms with Crippen molar-refractivity contribution < 1.29 is 9.53 Å². The summed E-state index contributed by atoms with van der Waals surface area (Å²) in [7, 11) is 1.46. The number of carbonyl (C=O) groups is 1. The number of ether oxygens (including phenoxy) is 1. The number of carbonyl (C=O) groups excluding carboxylic acids is 1. The molecule has 0 spiro atoms. The van der Waals surface area contributed by atoms with E-state index in [0.29, 0.717) is 12.2 Å². The number of nitrogens with zero attached hydrogens (tertiary/aromatic N) is 1. The Hall–Kier alpha value is -2.11. The van der Waals surface area contributed by atoms with E-state index in [-0.39, 0.29) is 17.4 Å². The molecule has 2 atom stereocenters. The second kappa shape index (κ2) is 6.56. The van der Waals surface area contributed by atoms with Crippen LogP contribution in [0.1, 0.15) is 43.5 Å². The Bertz CT molecular complexity index is 883. The fraction of sp³-hybridized carbons (Fsp3) is 0.476. The second-order valence-electron chi connectivity index (χ2n) is 7.35. The molecule has 1 fully saturated rings. The molecule has 3 N–H and O–H groups in total. The molecule has 138 valence electrons.